The molecule has 0 aromatic carbocycles. The molecule has 0 aromatic heterocycles. The van der Waals surface area contributed by atoms with Gasteiger partial charge < -0.3 is 4.90 Å². The van der Waals surface area contributed by atoms with Crippen molar-refractivity contribution in [2.45, 2.75) is 0 Å². The van der Waals surface area contributed by atoms with E-state index >= 15 is 0 Å². The van der Waals surface area contributed by atoms with Crippen LogP contribution >= 0.6 is 24.0 Å². The molecule has 1 aliphatic rings. The van der Waals surface area contributed by atoms with E-state index in [1.165, 1.54) is 0 Å². The second-order valence-electron chi connectivity index (χ2n) is 1.66. The van der Waals surface area contributed by atoms with Crippen molar-refractivity contribution in [1.29, 1.82) is 0 Å². The average Bonchev–Trinajstić information content (AvgIpc) is 1.77. The summed E-state index contributed by atoms with van der Waals surface area (Å²) in [4.78, 5) is 2.02. The number of nitrogens with zero attached hydrogens (tertiary/aromatic N) is 1. The first-order chi connectivity index (χ1) is 3.80. The van der Waals surface area contributed by atoms with Crippen LogP contribution in [0.25, 0.3) is 0 Å². The van der Waals surface area contributed by atoms with E-state index in [-0.39, 0.29) is 0 Å². The Balaban J connectivity index is 2.39. The van der Waals surface area contributed by atoms with Gasteiger partial charge in [-0.2, -0.15) is 0 Å². The highest BCUT2D eigenvalue weighted by Gasteiger charge is 2.08. The van der Waals surface area contributed by atoms with Crippen molar-refractivity contribution in [2.24, 2.45) is 0 Å². The number of rotatable bonds is 0. The van der Waals surface area contributed by atoms with Gasteiger partial charge in [0, 0.05) is 7.05 Å². The summed E-state index contributed by atoms with van der Waals surface area (Å²) in [5.74, 6) is 0.961. The van der Waals surface area contributed by atoms with Crippen molar-refractivity contribution in [1.82, 2.24) is 10.2 Å². The minimum atomic E-state index is 0.895. The van der Waals surface area contributed by atoms with Crippen LogP contribution in [0.4, 0.5) is 0 Å². The van der Waals surface area contributed by atoms with Gasteiger partial charge in [0.05, 0.1) is 12.5 Å². The van der Waals surface area contributed by atoms with Gasteiger partial charge in [-0.15, -0.1) is 0 Å². The van der Waals surface area contributed by atoms with E-state index in [9.17, 15) is 0 Å². The van der Waals surface area contributed by atoms with Gasteiger partial charge in [-0.3, -0.25) is 5.32 Å². The number of nitrogens with one attached hydrogen (secondary N) is 1. The summed E-state index contributed by atoms with van der Waals surface area (Å²) in [6, 6.07) is 0. The average molecular weight is 148 g/mol. The third-order valence-electron chi connectivity index (χ3n) is 0.958. The Hall–Kier alpha value is 0.200. The number of thioether (sulfide) groups is 1. The second kappa shape index (κ2) is 2.66. The second-order valence-corrected chi connectivity index (χ2v) is 3.27. The molecule has 0 radical (unpaired) electrons. The van der Waals surface area contributed by atoms with Gasteiger partial charge in [-0.1, -0.05) is 24.0 Å². The van der Waals surface area contributed by atoms with Crippen molar-refractivity contribution in [3.63, 3.8) is 0 Å². The fourth-order valence-corrected chi connectivity index (χ4v) is 1.34. The summed E-state index contributed by atoms with van der Waals surface area (Å²) in [5, 5.41) is 3.17. The van der Waals surface area contributed by atoms with Gasteiger partial charge in [0.2, 0.25) is 0 Å². The molecule has 1 saturated heterocycles. The van der Waals surface area contributed by atoms with Gasteiger partial charge >= 0.3 is 0 Å². The van der Waals surface area contributed by atoms with Crippen LogP contribution in [0.2, 0.25) is 0 Å². The van der Waals surface area contributed by atoms with Crippen molar-refractivity contribution in [3.05, 3.63) is 0 Å². The van der Waals surface area contributed by atoms with Crippen molar-refractivity contribution >= 4 is 28.3 Å². The molecule has 0 atom stereocenters. The van der Waals surface area contributed by atoms with Gasteiger partial charge in [-0.05, 0) is 0 Å². The topological polar surface area (TPSA) is 15.3 Å². The van der Waals surface area contributed by atoms with E-state index in [0.29, 0.717) is 0 Å². The van der Waals surface area contributed by atoms with Crippen LogP contribution in [-0.4, -0.2) is 28.8 Å². The van der Waals surface area contributed by atoms with E-state index in [2.05, 4.69) is 5.32 Å². The zero-order valence-corrected chi connectivity index (χ0v) is 6.31. The molecule has 0 aromatic rings. The molecule has 0 saturated carbocycles. The SMILES string of the molecule is CN1CNCSC1=S. The molecule has 0 spiro atoms. The largest absolute Gasteiger partial charge is 0.348 e. The first-order valence-corrected chi connectivity index (χ1v) is 3.78. The Kier molecular flexibility index (Phi) is 2.10. The minimum absolute atomic E-state index is 0.895. The molecule has 1 heterocycles. The van der Waals surface area contributed by atoms with Crippen molar-refractivity contribution in [3.8, 4) is 0 Å². The summed E-state index contributed by atoms with van der Waals surface area (Å²) >= 11 is 6.65. The first-order valence-electron chi connectivity index (χ1n) is 2.39. The standard InChI is InChI=1S/C4H8N2S2/c1-6-2-5-3-8-4(6)7/h5H,2-3H2,1H3. The maximum Gasteiger partial charge on any atom is 0.138 e. The fourth-order valence-electron chi connectivity index (χ4n) is 0.501. The van der Waals surface area contributed by atoms with Crippen LogP contribution in [0, 0.1) is 0 Å². The predicted molar refractivity (Wildman–Crippen MR) is 40.8 cm³/mol. The maximum absolute atomic E-state index is 4.98. The first kappa shape index (κ1) is 6.32. The smallest absolute Gasteiger partial charge is 0.138 e. The van der Waals surface area contributed by atoms with Crippen LogP contribution in [0.3, 0.4) is 0 Å². The summed E-state index contributed by atoms with van der Waals surface area (Å²) in [7, 11) is 1.99. The zero-order chi connectivity index (χ0) is 5.98. The van der Waals surface area contributed by atoms with Crippen molar-refractivity contribution < 1.29 is 0 Å². The normalized spacial score (nSPS) is 21.6. The van der Waals surface area contributed by atoms with Crippen LogP contribution in [0.15, 0.2) is 0 Å². The number of hydrogen-bond acceptors (Lipinski definition) is 3. The van der Waals surface area contributed by atoms with Gasteiger partial charge in [-0.25, -0.2) is 0 Å². The van der Waals surface area contributed by atoms with Crippen LogP contribution in [-0.2, 0) is 0 Å². The molecule has 46 valence electrons. The van der Waals surface area contributed by atoms with E-state index in [1.807, 2.05) is 11.9 Å². The summed E-state index contributed by atoms with van der Waals surface area (Å²) in [6.07, 6.45) is 0. The quantitative estimate of drug-likeness (QED) is 0.502. The molecule has 2 nitrogen and oxygen atoms in total. The predicted octanol–water partition coefficient (Wildman–Crippen LogP) is 0.455. The van der Waals surface area contributed by atoms with Crippen LogP contribution in [0.5, 0.6) is 0 Å². The molecule has 1 rings (SSSR count). The molecule has 8 heavy (non-hydrogen) atoms. The Morgan fingerprint density at radius 1 is 1.88 bits per heavy atom. The lowest BCUT2D eigenvalue weighted by Crippen LogP contribution is -2.38. The lowest BCUT2D eigenvalue weighted by Gasteiger charge is -2.24. The highest BCUT2D eigenvalue weighted by Crippen LogP contribution is 2.08. The molecule has 0 unspecified atom stereocenters. The highest BCUT2D eigenvalue weighted by atomic mass is 32.2. The summed E-state index contributed by atoms with van der Waals surface area (Å²) < 4.78 is 0.990. The molecular formula is C4H8N2S2. The zero-order valence-electron chi connectivity index (χ0n) is 4.68. The Labute approximate surface area is 58.6 Å². The van der Waals surface area contributed by atoms with Crippen LogP contribution in [0.1, 0.15) is 0 Å². The molecule has 1 N–H and O–H groups in total. The molecule has 0 amide bonds. The molecule has 1 fully saturated rings. The van der Waals surface area contributed by atoms with Gasteiger partial charge in [0.1, 0.15) is 4.32 Å². The van der Waals surface area contributed by atoms with E-state index in [4.69, 9.17) is 12.2 Å². The number of thiocarbonyl (C=S) groups is 1. The fraction of sp³-hybridized carbons (Fsp3) is 0.750. The monoisotopic (exact) mass is 148 g/mol. The molecule has 0 bridgehead atoms. The molecule has 4 heteroatoms. The van der Waals surface area contributed by atoms with Gasteiger partial charge in [0.15, 0.2) is 0 Å². The van der Waals surface area contributed by atoms with Crippen molar-refractivity contribution in [2.75, 3.05) is 19.6 Å². The lowest BCUT2D eigenvalue weighted by atomic mass is 10.8. The minimum Gasteiger partial charge on any atom is -0.348 e. The highest BCUT2D eigenvalue weighted by molar-refractivity contribution is 8.22. The summed E-state index contributed by atoms with van der Waals surface area (Å²) in [5.41, 5.74) is 0. The maximum atomic E-state index is 4.98. The summed E-state index contributed by atoms with van der Waals surface area (Å²) in [6.45, 7) is 0.895. The molecular weight excluding hydrogens is 140 g/mol. The van der Waals surface area contributed by atoms with E-state index < -0.39 is 0 Å². The molecule has 0 aliphatic carbocycles. The van der Waals surface area contributed by atoms with Gasteiger partial charge in [0.25, 0.3) is 0 Å². The number of hydrogen-bond donors (Lipinski definition) is 1. The molecule has 1 aliphatic heterocycles. The lowest BCUT2D eigenvalue weighted by molar-refractivity contribution is 0.473. The van der Waals surface area contributed by atoms with Crippen LogP contribution < -0.4 is 5.32 Å². The Morgan fingerprint density at radius 2 is 2.62 bits per heavy atom. The van der Waals surface area contributed by atoms with E-state index in [1.54, 1.807) is 11.8 Å². The third-order valence-corrected chi connectivity index (χ3v) is 2.53. The Morgan fingerprint density at radius 3 is 3.00 bits per heavy atom. The third kappa shape index (κ3) is 1.34. The Bertz CT molecular complexity index is 104. The van der Waals surface area contributed by atoms with E-state index in [0.717, 1.165) is 16.9 Å².